The lowest BCUT2D eigenvalue weighted by molar-refractivity contribution is -0.120. The molecule has 0 spiro atoms. The van der Waals surface area contributed by atoms with Crippen molar-refractivity contribution < 1.29 is 14.3 Å². The van der Waals surface area contributed by atoms with Gasteiger partial charge >= 0.3 is 0 Å². The van der Waals surface area contributed by atoms with E-state index in [2.05, 4.69) is 5.32 Å². The van der Waals surface area contributed by atoms with Gasteiger partial charge in [0.1, 0.15) is 4.33 Å². The SMILES string of the molecule is C[C@@]1(C(=O)Nc2cccc(C(=O)N3CCOCC3)c2)CC1(Cl)Cl. The molecule has 124 valence electrons. The minimum atomic E-state index is -1.02. The minimum absolute atomic E-state index is 0.0638. The smallest absolute Gasteiger partial charge is 0.254 e. The fourth-order valence-corrected chi connectivity index (χ4v) is 3.30. The molecule has 1 aromatic carbocycles. The number of halogens is 2. The number of benzene rings is 1. The van der Waals surface area contributed by atoms with Crippen LogP contribution in [0.1, 0.15) is 23.7 Å². The van der Waals surface area contributed by atoms with Crippen LogP contribution in [0.2, 0.25) is 0 Å². The maximum absolute atomic E-state index is 12.5. The Balaban J connectivity index is 1.70. The van der Waals surface area contributed by atoms with E-state index in [1.54, 1.807) is 36.1 Å². The van der Waals surface area contributed by atoms with Crippen molar-refractivity contribution in [2.45, 2.75) is 17.7 Å². The van der Waals surface area contributed by atoms with Gasteiger partial charge in [0.2, 0.25) is 5.91 Å². The number of morpholine rings is 1. The van der Waals surface area contributed by atoms with E-state index in [4.69, 9.17) is 27.9 Å². The number of alkyl halides is 2. The van der Waals surface area contributed by atoms with Crippen LogP contribution >= 0.6 is 23.2 Å². The second-order valence-electron chi connectivity index (χ2n) is 6.15. The van der Waals surface area contributed by atoms with Crippen molar-refractivity contribution in [1.29, 1.82) is 0 Å². The van der Waals surface area contributed by atoms with Crippen LogP contribution in [-0.4, -0.2) is 47.4 Å². The lowest BCUT2D eigenvalue weighted by Gasteiger charge is -2.27. The highest BCUT2D eigenvalue weighted by molar-refractivity contribution is 6.53. The highest BCUT2D eigenvalue weighted by Crippen LogP contribution is 2.64. The number of hydrogen-bond donors (Lipinski definition) is 1. The first kappa shape index (κ1) is 16.6. The van der Waals surface area contributed by atoms with Gasteiger partial charge in [0.25, 0.3) is 5.91 Å². The molecule has 1 aromatic rings. The number of amides is 2. The van der Waals surface area contributed by atoms with Crippen molar-refractivity contribution in [2.75, 3.05) is 31.6 Å². The lowest BCUT2D eigenvalue weighted by Crippen LogP contribution is -2.40. The predicted molar refractivity (Wildman–Crippen MR) is 89.0 cm³/mol. The number of anilines is 1. The largest absolute Gasteiger partial charge is 0.378 e. The zero-order valence-corrected chi connectivity index (χ0v) is 14.3. The van der Waals surface area contributed by atoms with Gasteiger partial charge in [-0.1, -0.05) is 6.07 Å². The Kier molecular flexibility index (Phi) is 4.29. The second-order valence-corrected chi connectivity index (χ2v) is 7.64. The summed E-state index contributed by atoms with van der Waals surface area (Å²) in [5.74, 6) is -0.301. The van der Waals surface area contributed by atoms with E-state index in [1.165, 1.54) is 0 Å². The van der Waals surface area contributed by atoms with Crippen LogP contribution in [0.15, 0.2) is 24.3 Å². The molecule has 0 bridgehead atoms. The third kappa shape index (κ3) is 3.18. The second kappa shape index (κ2) is 5.96. The zero-order valence-electron chi connectivity index (χ0n) is 12.8. The summed E-state index contributed by atoms with van der Waals surface area (Å²) in [6, 6.07) is 6.89. The van der Waals surface area contributed by atoms with Gasteiger partial charge in [-0.15, -0.1) is 23.2 Å². The van der Waals surface area contributed by atoms with Crippen LogP contribution in [0, 0.1) is 5.41 Å². The summed E-state index contributed by atoms with van der Waals surface area (Å²) in [6.45, 7) is 3.98. The molecule has 2 fully saturated rings. The molecule has 1 aliphatic carbocycles. The molecule has 1 N–H and O–H groups in total. The molecular weight excluding hydrogens is 339 g/mol. The Morgan fingerprint density at radius 3 is 2.52 bits per heavy atom. The Bertz CT molecular complexity index is 644. The first-order valence-electron chi connectivity index (χ1n) is 7.50. The van der Waals surface area contributed by atoms with E-state index in [1.807, 2.05) is 0 Å². The molecular formula is C16H18Cl2N2O3. The molecule has 1 heterocycles. The summed E-state index contributed by atoms with van der Waals surface area (Å²) < 4.78 is 4.23. The first-order chi connectivity index (χ1) is 10.8. The van der Waals surface area contributed by atoms with Crippen LogP contribution in [0.3, 0.4) is 0 Å². The van der Waals surface area contributed by atoms with Gasteiger partial charge in [-0.3, -0.25) is 9.59 Å². The molecule has 1 aliphatic heterocycles. The quantitative estimate of drug-likeness (QED) is 0.847. The molecule has 3 rings (SSSR count). The third-order valence-corrected chi connectivity index (χ3v) is 5.53. The van der Waals surface area contributed by atoms with Crippen LogP contribution in [0.25, 0.3) is 0 Å². The summed E-state index contributed by atoms with van der Waals surface area (Å²) in [5, 5.41) is 2.79. The number of hydrogen-bond acceptors (Lipinski definition) is 3. The predicted octanol–water partition coefficient (Wildman–Crippen LogP) is 2.68. The van der Waals surface area contributed by atoms with Gasteiger partial charge < -0.3 is 15.0 Å². The Hall–Kier alpha value is -1.30. The molecule has 23 heavy (non-hydrogen) atoms. The molecule has 0 radical (unpaired) electrons. The van der Waals surface area contributed by atoms with Gasteiger partial charge in [0.15, 0.2) is 0 Å². The molecule has 2 amide bonds. The van der Waals surface area contributed by atoms with Crippen molar-refractivity contribution in [3.8, 4) is 0 Å². The summed E-state index contributed by atoms with van der Waals surface area (Å²) in [4.78, 5) is 26.5. The van der Waals surface area contributed by atoms with Crippen LogP contribution < -0.4 is 5.32 Å². The number of ether oxygens (including phenoxy) is 1. The summed E-state index contributed by atoms with van der Waals surface area (Å²) >= 11 is 12.0. The highest BCUT2D eigenvalue weighted by atomic mass is 35.5. The minimum Gasteiger partial charge on any atom is -0.378 e. The molecule has 1 saturated carbocycles. The maximum Gasteiger partial charge on any atom is 0.254 e. The fourth-order valence-electron chi connectivity index (χ4n) is 2.59. The van der Waals surface area contributed by atoms with Crippen LogP contribution in [-0.2, 0) is 9.53 Å². The fraction of sp³-hybridized carbons (Fsp3) is 0.500. The van der Waals surface area contributed by atoms with E-state index < -0.39 is 9.75 Å². The first-order valence-corrected chi connectivity index (χ1v) is 8.25. The Morgan fingerprint density at radius 2 is 1.91 bits per heavy atom. The van der Waals surface area contributed by atoms with Crippen molar-refractivity contribution in [3.05, 3.63) is 29.8 Å². The normalized spacial score (nSPS) is 25.8. The van der Waals surface area contributed by atoms with Gasteiger partial charge in [-0.05, 0) is 31.5 Å². The molecule has 2 aliphatic rings. The third-order valence-electron chi connectivity index (χ3n) is 4.42. The molecule has 7 heteroatoms. The molecule has 1 atom stereocenters. The molecule has 1 saturated heterocycles. The number of carbonyl (C=O) groups excluding carboxylic acids is 2. The van der Waals surface area contributed by atoms with Gasteiger partial charge in [0, 0.05) is 24.3 Å². The van der Waals surface area contributed by atoms with Crippen molar-refractivity contribution in [3.63, 3.8) is 0 Å². The molecule has 0 unspecified atom stereocenters. The number of rotatable bonds is 3. The topological polar surface area (TPSA) is 58.6 Å². The van der Waals surface area contributed by atoms with Gasteiger partial charge in [-0.25, -0.2) is 0 Å². The van der Waals surface area contributed by atoms with E-state index in [0.717, 1.165) is 0 Å². The van der Waals surface area contributed by atoms with E-state index in [9.17, 15) is 9.59 Å². The van der Waals surface area contributed by atoms with E-state index in [0.29, 0.717) is 44.0 Å². The number of nitrogens with one attached hydrogen (secondary N) is 1. The summed E-state index contributed by atoms with van der Waals surface area (Å²) in [5.41, 5.74) is 0.306. The summed E-state index contributed by atoms with van der Waals surface area (Å²) in [6.07, 6.45) is 0.418. The number of carbonyl (C=O) groups is 2. The van der Waals surface area contributed by atoms with Gasteiger partial charge in [-0.2, -0.15) is 0 Å². The standard InChI is InChI=1S/C16H18Cl2N2O3/c1-15(10-16(15,17)18)14(22)19-12-4-2-3-11(9-12)13(21)20-5-7-23-8-6-20/h2-4,9H,5-8,10H2,1H3,(H,19,22)/t15-/m0/s1. The van der Waals surface area contributed by atoms with Crippen molar-refractivity contribution in [2.24, 2.45) is 5.41 Å². The van der Waals surface area contributed by atoms with Crippen LogP contribution in [0.4, 0.5) is 5.69 Å². The zero-order chi connectivity index (χ0) is 16.7. The average Bonchev–Trinajstić information content (AvgIpc) is 3.07. The van der Waals surface area contributed by atoms with E-state index >= 15 is 0 Å². The summed E-state index contributed by atoms with van der Waals surface area (Å²) in [7, 11) is 0. The van der Waals surface area contributed by atoms with Crippen LogP contribution in [0.5, 0.6) is 0 Å². The lowest BCUT2D eigenvalue weighted by atomic mass is 10.1. The monoisotopic (exact) mass is 356 g/mol. The van der Waals surface area contributed by atoms with E-state index in [-0.39, 0.29) is 11.8 Å². The maximum atomic E-state index is 12.5. The highest BCUT2D eigenvalue weighted by Gasteiger charge is 2.67. The molecule has 0 aromatic heterocycles. The Labute approximate surface area is 144 Å². The molecule has 5 nitrogen and oxygen atoms in total. The van der Waals surface area contributed by atoms with Gasteiger partial charge in [0.05, 0.1) is 18.6 Å². The number of nitrogens with zero attached hydrogens (tertiary/aromatic N) is 1. The van der Waals surface area contributed by atoms with Crippen molar-refractivity contribution >= 4 is 40.7 Å². The Morgan fingerprint density at radius 1 is 1.26 bits per heavy atom. The average molecular weight is 357 g/mol. The van der Waals surface area contributed by atoms with Crippen molar-refractivity contribution in [1.82, 2.24) is 4.90 Å².